The van der Waals surface area contributed by atoms with Crippen LogP contribution in [-0.4, -0.2) is 11.7 Å². The number of aryl methyl sites for hydroxylation is 2. The summed E-state index contributed by atoms with van der Waals surface area (Å²) in [5.74, 6) is 1.66. The molecule has 1 aromatic carbocycles. The maximum Gasteiger partial charge on any atom is 0.174 e. The van der Waals surface area contributed by atoms with E-state index >= 15 is 0 Å². The van der Waals surface area contributed by atoms with Crippen molar-refractivity contribution in [1.82, 2.24) is 10.5 Å². The van der Waals surface area contributed by atoms with Crippen LogP contribution >= 0.6 is 0 Å². The minimum atomic E-state index is 0.427. The fourth-order valence-corrected chi connectivity index (χ4v) is 2.98. The van der Waals surface area contributed by atoms with E-state index < -0.39 is 0 Å². The first-order chi connectivity index (χ1) is 10.3. The molecule has 4 nitrogen and oxygen atoms in total. The minimum Gasteiger partial charge on any atom is -0.486 e. The van der Waals surface area contributed by atoms with E-state index in [1.165, 1.54) is 24.0 Å². The molecular formula is C17H22N2O2. The van der Waals surface area contributed by atoms with Crippen LogP contribution in [0.5, 0.6) is 5.75 Å². The number of aromatic nitrogens is 1. The lowest BCUT2D eigenvalue weighted by Crippen LogP contribution is -2.24. The molecule has 0 amide bonds. The van der Waals surface area contributed by atoms with Crippen molar-refractivity contribution in [1.29, 1.82) is 0 Å². The number of ether oxygens (including phenoxy) is 1. The van der Waals surface area contributed by atoms with E-state index in [1.54, 1.807) is 0 Å². The molecule has 0 bridgehead atoms. The molecule has 1 atom stereocenters. The average molecular weight is 286 g/mol. The van der Waals surface area contributed by atoms with Crippen molar-refractivity contribution >= 4 is 0 Å². The Morgan fingerprint density at radius 3 is 3.05 bits per heavy atom. The summed E-state index contributed by atoms with van der Waals surface area (Å²) in [6.45, 7) is 5.50. The van der Waals surface area contributed by atoms with Gasteiger partial charge in [0.15, 0.2) is 5.76 Å². The van der Waals surface area contributed by atoms with Crippen LogP contribution in [0.15, 0.2) is 28.8 Å². The largest absolute Gasteiger partial charge is 0.486 e. The summed E-state index contributed by atoms with van der Waals surface area (Å²) < 4.78 is 11.0. The minimum absolute atomic E-state index is 0.427. The average Bonchev–Trinajstić information content (AvgIpc) is 2.91. The Labute approximate surface area is 125 Å². The van der Waals surface area contributed by atoms with Gasteiger partial charge in [0.2, 0.25) is 0 Å². The molecule has 2 aromatic rings. The van der Waals surface area contributed by atoms with Crippen molar-refractivity contribution in [2.24, 2.45) is 0 Å². The van der Waals surface area contributed by atoms with Crippen LogP contribution in [-0.2, 0) is 13.0 Å². The Bertz CT molecular complexity index is 607. The van der Waals surface area contributed by atoms with Crippen molar-refractivity contribution in [3.8, 4) is 5.75 Å². The van der Waals surface area contributed by atoms with Crippen molar-refractivity contribution in [3.05, 3.63) is 46.8 Å². The van der Waals surface area contributed by atoms with Gasteiger partial charge in [-0.25, -0.2) is 0 Å². The second-order valence-corrected chi connectivity index (χ2v) is 5.59. The summed E-state index contributed by atoms with van der Waals surface area (Å²) in [6, 6.07) is 8.81. The van der Waals surface area contributed by atoms with Crippen molar-refractivity contribution in [3.63, 3.8) is 0 Å². The molecule has 0 radical (unpaired) electrons. The Kier molecular flexibility index (Phi) is 4.25. The highest BCUT2D eigenvalue weighted by Gasteiger charge is 2.19. The monoisotopic (exact) mass is 286 g/mol. The van der Waals surface area contributed by atoms with Crippen molar-refractivity contribution in [2.45, 2.75) is 45.8 Å². The number of rotatable bonds is 5. The third kappa shape index (κ3) is 3.27. The van der Waals surface area contributed by atoms with Crippen molar-refractivity contribution < 1.29 is 9.26 Å². The number of nitrogens with zero attached hydrogens (tertiary/aromatic N) is 1. The Balaban J connectivity index is 1.70. The first-order valence-electron chi connectivity index (χ1n) is 7.67. The van der Waals surface area contributed by atoms with Gasteiger partial charge in [-0.1, -0.05) is 18.1 Å². The summed E-state index contributed by atoms with van der Waals surface area (Å²) >= 11 is 0. The Morgan fingerprint density at radius 2 is 2.29 bits per heavy atom. The lowest BCUT2D eigenvalue weighted by molar-refractivity contribution is 0.248. The second-order valence-electron chi connectivity index (χ2n) is 5.59. The molecule has 0 spiro atoms. The van der Waals surface area contributed by atoms with Crippen LogP contribution in [0.1, 0.15) is 48.4 Å². The van der Waals surface area contributed by atoms with Gasteiger partial charge in [-0.05, 0) is 56.0 Å². The first kappa shape index (κ1) is 14.1. The number of hydrogen-bond acceptors (Lipinski definition) is 4. The lowest BCUT2D eigenvalue weighted by Gasteiger charge is -2.26. The van der Waals surface area contributed by atoms with Crippen LogP contribution in [0, 0.1) is 6.92 Å². The molecule has 1 aliphatic carbocycles. The van der Waals surface area contributed by atoms with Crippen LogP contribution in [0.25, 0.3) is 0 Å². The molecule has 0 fully saturated rings. The molecule has 0 saturated heterocycles. The zero-order valence-corrected chi connectivity index (χ0v) is 12.7. The van der Waals surface area contributed by atoms with Gasteiger partial charge in [0.25, 0.3) is 0 Å². The zero-order chi connectivity index (χ0) is 14.7. The Hall–Kier alpha value is -1.81. The molecule has 1 aromatic heterocycles. The maximum absolute atomic E-state index is 5.81. The van der Waals surface area contributed by atoms with Gasteiger partial charge >= 0.3 is 0 Å². The standard InChI is InChI=1S/C17H22N2O2/c1-3-18-17-6-4-5-13-10-14(7-8-16(13)17)20-11-15-9-12(2)19-21-15/h7-10,17-18H,3-6,11H2,1-2H3. The summed E-state index contributed by atoms with van der Waals surface area (Å²) in [5.41, 5.74) is 3.71. The van der Waals surface area contributed by atoms with E-state index in [9.17, 15) is 0 Å². The molecule has 4 heteroatoms. The second kappa shape index (κ2) is 6.31. The molecule has 0 saturated carbocycles. The highest BCUT2D eigenvalue weighted by Crippen LogP contribution is 2.32. The van der Waals surface area contributed by atoms with Crippen LogP contribution in [0.2, 0.25) is 0 Å². The van der Waals surface area contributed by atoms with E-state index in [1.807, 2.05) is 13.0 Å². The normalized spacial score (nSPS) is 17.5. The van der Waals surface area contributed by atoms with Gasteiger partial charge in [-0.15, -0.1) is 0 Å². The number of nitrogens with one attached hydrogen (secondary N) is 1. The predicted molar refractivity (Wildman–Crippen MR) is 81.4 cm³/mol. The smallest absolute Gasteiger partial charge is 0.174 e. The van der Waals surface area contributed by atoms with E-state index in [-0.39, 0.29) is 0 Å². The number of benzene rings is 1. The molecule has 112 valence electrons. The summed E-state index contributed by atoms with van der Waals surface area (Å²) in [4.78, 5) is 0. The van der Waals surface area contributed by atoms with E-state index in [2.05, 4.69) is 35.6 Å². The fraction of sp³-hybridized carbons (Fsp3) is 0.471. The first-order valence-corrected chi connectivity index (χ1v) is 7.67. The van der Waals surface area contributed by atoms with E-state index in [4.69, 9.17) is 9.26 Å². The summed E-state index contributed by atoms with van der Waals surface area (Å²) in [5, 5.41) is 7.42. The number of fused-ring (bicyclic) bond motifs is 1. The number of hydrogen-bond donors (Lipinski definition) is 1. The predicted octanol–water partition coefficient (Wildman–Crippen LogP) is 3.55. The van der Waals surface area contributed by atoms with Crippen LogP contribution in [0.3, 0.4) is 0 Å². The molecule has 1 N–H and O–H groups in total. The van der Waals surface area contributed by atoms with Gasteiger partial charge in [-0.2, -0.15) is 0 Å². The lowest BCUT2D eigenvalue weighted by atomic mass is 9.87. The third-order valence-electron chi connectivity index (χ3n) is 3.94. The van der Waals surface area contributed by atoms with Gasteiger partial charge in [-0.3, -0.25) is 0 Å². The van der Waals surface area contributed by atoms with Gasteiger partial charge in [0.05, 0.1) is 5.69 Å². The molecule has 21 heavy (non-hydrogen) atoms. The van der Waals surface area contributed by atoms with Crippen LogP contribution in [0.4, 0.5) is 0 Å². The molecule has 1 heterocycles. The highest BCUT2D eigenvalue weighted by atomic mass is 16.5. The third-order valence-corrected chi connectivity index (χ3v) is 3.94. The molecule has 3 rings (SSSR count). The quantitative estimate of drug-likeness (QED) is 0.913. The zero-order valence-electron chi connectivity index (χ0n) is 12.7. The highest BCUT2D eigenvalue weighted by molar-refractivity contribution is 5.39. The summed E-state index contributed by atoms with van der Waals surface area (Å²) in [6.07, 6.45) is 3.59. The van der Waals surface area contributed by atoms with Gasteiger partial charge in [0, 0.05) is 12.1 Å². The Morgan fingerprint density at radius 1 is 1.38 bits per heavy atom. The molecule has 0 aliphatic heterocycles. The molecule has 1 unspecified atom stereocenters. The SMILES string of the molecule is CCNC1CCCc2cc(OCc3cc(C)no3)ccc21. The van der Waals surface area contributed by atoms with Gasteiger partial charge in [0.1, 0.15) is 12.4 Å². The maximum atomic E-state index is 5.81. The van der Waals surface area contributed by atoms with Gasteiger partial charge < -0.3 is 14.6 Å². The summed E-state index contributed by atoms with van der Waals surface area (Å²) in [7, 11) is 0. The van der Waals surface area contributed by atoms with E-state index in [0.29, 0.717) is 12.6 Å². The topological polar surface area (TPSA) is 47.3 Å². The fourth-order valence-electron chi connectivity index (χ4n) is 2.98. The molecular weight excluding hydrogens is 264 g/mol. The van der Waals surface area contributed by atoms with Crippen molar-refractivity contribution in [2.75, 3.05) is 6.54 Å². The van der Waals surface area contributed by atoms with Crippen LogP contribution < -0.4 is 10.1 Å². The van der Waals surface area contributed by atoms with E-state index in [0.717, 1.165) is 30.2 Å². The molecule has 1 aliphatic rings.